The molecule has 0 radical (unpaired) electrons. The van der Waals surface area contributed by atoms with Gasteiger partial charge in [-0.15, -0.1) is 0 Å². The minimum Gasteiger partial charge on any atom is -0.450 e. The summed E-state index contributed by atoms with van der Waals surface area (Å²) in [7, 11) is 0. The first-order chi connectivity index (χ1) is 8.00. The maximum absolute atomic E-state index is 13.8. The molecule has 0 amide bonds. The van der Waals surface area contributed by atoms with Crippen molar-refractivity contribution in [1.29, 1.82) is 0 Å². The molecule has 2 nitrogen and oxygen atoms in total. The summed E-state index contributed by atoms with van der Waals surface area (Å²) in [5, 5.41) is 10.0. The molecule has 0 fully saturated rings. The Balaban J connectivity index is 2.43. The van der Waals surface area contributed by atoms with Crippen LogP contribution in [0.3, 0.4) is 0 Å². The maximum Gasteiger partial charge on any atom is 0.183 e. The van der Waals surface area contributed by atoms with E-state index in [1.807, 2.05) is 0 Å². The van der Waals surface area contributed by atoms with Crippen molar-refractivity contribution in [3.63, 3.8) is 0 Å². The van der Waals surface area contributed by atoms with E-state index < -0.39 is 11.9 Å². The standard InChI is InChI=1S/C11H6Br3FO2/c12-6-3-1-2-5(9(6)15)10(16)8-4-7(13)11(14)17-8/h1-4,10,16H. The number of rotatable bonds is 2. The summed E-state index contributed by atoms with van der Waals surface area (Å²) in [4.78, 5) is 0. The Kier molecular flexibility index (Phi) is 4.07. The molecule has 1 N–H and O–H groups in total. The molecule has 1 aromatic heterocycles. The van der Waals surface area contributed by atoms with Gasteiger partial charge >= 0.3 is 0 Å². The fourth-order valence-electron chi connectivity index (χ4n) is 1.38. The van der Waals surface area contributed by atoms with Gasteiger partial charge in [-0.2, -0.15) is 0 Å². The highest BCUT2D eigenvalue weighted by Gasteiger charge is 2.21. The molecule has 0 aliphatic carbocycles. The lowest BCUT2D eigenvalue weighted by Gasteiger charge is -2.09. The zero-order chi connectivity index (χ0) is 12.6. The summed E-state index contributed by atoms with van der Waals surface area (Å²) >= 11 is 9.47. The van der Waals surface area contributed by atoms with Crippen LogP contribution in [0.2, 0.25) is 0 Å². The van der Waals surface area contributed by atoms with E-state index in [4.69, 9.17) is 4.42 Å². The van der Waals surface area contributed by atoms with Gasteiger partial charge in [0.15, 0.2) is 4.67 Å². The Labute approximate surface area is 122 Å². The van der Waals surface area contributed by atoms with E-state index >= 15 is 0 Å². The van der Waals surface area contributed by atoms with Crippen LogP contribution in [0.25, 0.3) is 0 Å². The summed E-state index contributed by atoms with van der Waals surface area (Å²) in [6.07, 6.45) is -1.14. The van der Waals surface area contributed by atoms with E-state index in [1.165, 1.54) is 6.07 Å². The Morgan fingerprint density at radius 2 is 1.88 bits per heavy atom. The van der Waals surface area contributed by atoms with E-state index in [0.717, 1.165) is 0 Å². The van der Waals surface area contributed by atoms with Gasteiger partial charge in [0.2, 0.25) is 0 Å². The molecule has 17 heavy (non-hydrogen) atoms. The molecule has 90 valence electrons. The molecule has 2 aromatic rings. The minimum absolute atomic E-state index is 0.160. The number of hydrogen-bond donors (Lipinski definition) is 1. The zero-order valence-electron chi connectivity index (χ0n) is 8.25. The normalized spacial score (nSPS) is 12.8. The van der Waals surface area contributed by atoms with Crippen LogP contribution in [0.1, 0.15) is 17.4 Å². The SMILES string of the molecule is OC(c1cc(Br)c(Br)o1)c1cccc(Br)c1F. The first kappa shape index (κ1) is 13.3. The van der Waals surface area contributed by atoms with Crippen molar-refractivity contribution in [3.05, 3.63) is 55.0 Å². The molecule has 0 spiro atoms. The van der Waals surface area contributed by atoms with Crippen molar-refractivity contribution >= 4 is 47.8 Å². The molecule has 0 bridgehead atoms. The zero-order valence-corrected chi connectivity index (χ0v) is 13.0. The second kappa shape index (κ2) is 5.22. The third kappa shape index (κ3) is 2.65. The number of aliphatic hydroxyl groups excluding tert-OH is 1. The van der Waals surface area contributed by atoms with Crippen molar-refractivity contribution in [1.82, 2.24) is 0 Å². The van der Waals surface area contributed by atoms with Gasteiger partial charge in [-0.25, -0.2) is 4.39 Å². The van der Waals surface area contributed by atoms with E-state index in [-0.39, 0.29) is 11.3 Å². The number of furan rings is 1. The van der Waals surface area contributed by atoms with Crippen molar-refractivity contribution < 1.29 is 13.9 Å². The largest absolute Gasteiger partial charge is 0.450 e. The molecule has 0 aliphatic rings. The summed E-state index contributed by atoms with van der Waals surface area (Å²) in [6.45, 7) is 0. The quantitative estimate of drug-likeness (QED) is 0.746. The van der Waals surface area contributed by atoms with Crippen LogP contribution in [-0.2, 0) is 0 Å². The monoisotopic (exact) mass is 426 g/mol. The highest BCUT2D eigenvalue weighted by molar-refractivity contribution is 9.13. The third-order valence-electron chi connectivity index (χ3n) is 2.21. The van der Waals surface area contributed by atoms with Gasteiger partial charge in [0, 0.05) is 5.56 Å². The van der Waals surface area contributed by atoms with Crippen LogP contribution in [0.5, 0.6) is 0 Å². The minimum atomic E-state index is -1.14. The van der Waals surface area contributed by atoms with E-state index in [0.29, 0.717) is 13.6 Å². The molecule has 6 heteroatoms. The van der Waals surface area contributed by atoms with Gasteiger partial charge < -0.3 is 9.52 Å². The molecule has 1 unspecified atom stereocenters. The molecule has 2 rings (SSSR count). The van der Waals surface area contributed by atoms with Gasteiger partial charge in [-0.3, -0.25) is 0 Å². The van der Waals surface area contributed by atoms with E-state index in [2.05, 4.69) is 47.8 Å². The second-order valence-corrected chi connectivity index (χ2v) is 5.74. The van der Waals surface area contributed by atoms with Crippen LogP contribution in [0.4, 0.5) is 4.39 Å². The van der Waals surface area contributed by atoms with Crippen LogP contribution in [0.15, 0.2) is 42.3 Å². The first-order valence-electron chi connectivity index (χ1n) is 4.57. The lowest BCUT2D eigenvalue weighted by molar-refractivity contribution is 0.183. The molecule has 1 aromatic carbocycles. The van der Waals surface area contributed by atoms with E-state index in [9.17, 15) is 9.50 Å². The average Bonchev–Trinajstić information content (AvgIpc) is 2.62. The van der Waals surface area contributed by atoms with Crippen LogP contribution in [-0.4, -0.2) is 5.11 Å². The molecule has 0 saturated heterocycles. The highest BCUT2D eigenvalue weighted by atomic mass is 79.9. The molecular formula is C11H6Br3FO2. The lowest BCUT2D eigenvalue weighted by atomic mass is 10.1. The third-order valence-corrected chi connectivity index (χ3v) is 4.53. The van der Waals surface area contributed by atoms with Crippen molar-refractivity contribution in [2.45, 2.75) is 6.10 Å². The predicted molar refractivity (Wildman–Crippen MR) is 72.3 cm³/mol. The van der Waals surface area contributed by atoms with Gasteiger partial charge in [0.05, 0.1) is 8.95 Å². The second-order valence-electron chi connectivity index (χ2n) is 3.32. The average molecular weight is 429 g/mol. The van der Waals surface area contributed by atoms with Gasteiger partial charge in [-0.05, 0) is 59.9 Å². The summed E-state index contributed by atoms with van der Waals surface area (Å²) in [6, 6.07) is 6.32. The maximum atomic E-state index is 13.8. The molecule has 0 aliphatic heterocycles. The highest BCUT2D eigenvalue weighted by Crippen LogP contribution is 2.34. The topological polar surface area (TPSA) is 33.4 Å². The first-order valence-corrected chi connectivity index (χ1v) is 6.95. The molecule has 1 atom stereocenters. The summed E-state index contributed by atoms with van der Waals surface area (Å²) < 4.78 is 20.5. The Hall–Kier alpha value is -0.170. The van der Waals surface area contributed by atoms with Gasteiger partial charge in [0.1, 0.15) is 17.7 Å². The van der Waals surface area contributed by atoms with Gasteiger partial charge in [0.25, 0.3) is 0 Å². The molecule has 1 heterocycles. The Morgan fingerprint density at radius 3 is 2.47 bits per heavy atom. The van der Waals surface area contributed by atoms with Crippen molar-refractivity contribution in [2.75, 3.05) is 0 Å². The van der Waals surface area contributed by atoms with Crippen molar-refractivity contribution in [2.24, 2.45) is 0 Å². The Morgan fingerprint density at radius 1 is 1.18 bits per heavy atom. The number of hydrogen-bond acceptors (Lipinski definition) is 2. The van der Waals surface area contributed by atoms with E-state index in [1.54, 1.807) is 18.2 Å². The van der Waals surface area contributed by atoms with Crippen LogP contribution >= 0.6 is 47.8 Å². The van der Waals surface area contributed by atoms with Crippen LogP contribution < -0.4 is 0 Å². The smallest absolute Gasteiger partial charge is 0.183 e. The summed E-state index contributed by atoms with van der Waals surface area (Å²) in [5.41, 5.74) is 0.160. The van der Waals surface area contributed by atoms with Gasteiger partial charge in [-0.1, -0.05) is 12.1 Å². The lowest BCUT2D eigenvalue weighted by Crippen LogP contribution is -2.01. The number of aliphatic hydroxyl groups is 1. The molecular weight excluding hydrogens is 423 g/mol. The molecule has 0 saturated carbocycles. The van der Waals surface area contributed by atoms with Crippen LogP contribution in [0, 0.1) is 5.82 Å². The Bertz CT molecular complexity index is 534. The predicted octanol–water partition coefficient (Wildman–Crippen LogP) is 4.79. The number of halogens is 4. The van der Waals surface area contributed by atoms with Crippen molar-refractivity contribution in [3.8, 4) is 0 Å². The fraction of sp³-hybridized carbons (Fsp3) is 0.0909. The summed E-state index contributed by atoms with van der Waals surface area (Å²) in [5.74, 6) is -0.232. The number of benzene rings is 1. The fourth-order valence-corrected chi connectivity index (χ4v) is 2.37.